The van der Waals surface area contributed by atoms with Gasteiger partial charge in [-0.2, -0.15) is 4.39 Å². The molecule has 0 aliphatic rings. The maximum atomic E-state index is 14.2. The monoisotopic (exact) mass is 311 g/mol. The number of benzene rings is 1. The average Bonchev–Trinajstić information content (AvgIpc) is 2.55. The van der Waals surface area contributed by atoms with Crippen molar-refractivity contribution in [1.29, 1.82) is 0 Å². The first-order chi connectivity index (χ1) is 11.1. The predicted octanol–water partition coefficient (Wildman–Crippen LogP) is 2.32. The van der Waals surface area contributed by atoms with E-state index in [1.807, 2.05) is 6.92 Å². The van der Waals surface area contributed by atoms with Crippen molar-refractivity contribution in [3.05, 3.63) is 64.3 Å². The summed E-state index contributed by atoms with van der Waals surface area (Å²) < 4.78 is 15.9. The number of primary amides is 1. The van der Waals surface area contributed by atoms with Crippen LogP contribution in [0.3, 0.4) is 0 Å². The molecule has 0 aliphatic carbocycles. The molecule has 3 rings (SSSR count). The Bertz CT molecular complexity index is 979. The van der Waals surface area contributed by atoms with E-state index in [9.17, 15) is 14.0 Å². The van der Waals surface area contributed by atoms with E-state index >= 15 is 0 Å². The molecule has 6 heteroatoms. The third kappa shape index (κ3) is 2.28. The summed E-state index contributed by atoms with van der Waals surface area (Å²) in [6.07, 6.45) is 1.30. The number of carbonyl (C=O) groups excluding carboxylic acids is 1. The number of aryl methyl sites for hydroxylation is 1. The van der Waals surface area contributed by atoms with Crippen LogP contribution in [0.15, 0.2) is 47.4 Å². The minimum atomic E-state index is -0.888. The molecule has 5 nitrogen and oxygen atoms in total. The molecule has 23 heavy (non-hydrogen) atoms. The summed E-state index contributed by atoms with van der Waals surface area (Å²) in [7, 11) is 0. The van der Waals surface area contributed by atoms with Gasteiger partial charge in [0.1, 0.15) is 5.56 Å². The highest BCUT2D eigenvalue weighted by Crippen LogP contribution is 2.27. The molecule has 0 bridgehead atoms. The van der Waals surface area contributed by atoms with E-state index in [0.29, 0.717) is 17.4 Å². The number of rotatable bonds is 3. The molecule has 116 valence electrons. The third-order valence-corrected chi connectivity index (χ3v) is 3.75. The van der Waals surface area contributed by atoms with E-state index in [1.54, 1.807) is 34.9 Å². The molecule has 0 unspecified atom stereocenters. The van der Waals surface area contributed by atoms with Crippen molar-refractivity contribution in [3.8, 4) is 11.3 Å². The Kier molecular flexibility index (Phi) is 3.65. The first kappa shape index (κ1) is 14.9. The second-order valence-electron chi connectivity index (χ2n) is 5.02. The van der Waals surface area contributed by atoms with Crippen molar-refractivity contribution in [2.75, 3.05) is 0 Å². The molecule has 0 fully saturated rings. The van der Waals surface area contributed by atoms with E-state index in [1.165, 1.54) is 12.3 Å². The molecule has 0 saturated heterocycles. The van der Waals surface area contributed by atoms with Crippen molar-refractivity contribution in [3.63, 3.8) is 0 Å². The number of para-hydroxylation sites is 1. The van der Waals surface area contributed by atoms with Crippen molar-refractivity contribution in [1.82, 2.24) is 9.55 Å². The lowest BCUT2D eigenvalue weighted by atomic mass is 10.0. The predicted molar refractivity (Wildman–Crippen MR) is 85.6 cm³/mol. The van der Waals surface area contributed by atoms with Gasteiger partial charge in [-0.1, -0.05) is 12.1 Å². The van der Waals surface area contributed by atoms with Crippen LogP contribution in [0.1, 0.15) is 17.3 Å². The molecule has 0 radical (unpaired) electrons. The zero-order chi connectivity index (χ0) is 16.6. The summed E-state index contributed by atoms with van der Waals surface area (Å²) in [5.41, 5.74) is 5.54. The molecule has 2 heterocycles. The van der Waals surface area contributed by atoms with Crippen molar-refractivity contribution < 1.29 is 9.18 Å². The van der Waals surface area contributed by atoms with Gasteiger partial charge in [-0.25, -0.2) is 4.98 Å². The zero-order valence-electron chi connectivity index (χ0n) is 12.4. The van der Waals surface area contributed by atoms with E-state index in [-0.39, 0.29) is 16.8 Å². The van der Waals surface area contributed by atoms with Gasteiger partial charge in [-0.15, -0.1) is 0 Å². The van der Waals surface area contributed by atoms with Gasteiger partial charge in [-0.05, 0) is 31.2 Å². The Morgan fingerprint density at radius 2 is 2.00 bits per heavy atom. The Balaban J connectivity index is 2.59. The summed E-state index contributed by atoms with van der Waals surface area (Å²) >= 11 is 0. The van der Waals surface area contributed by atoms with Crippen LogP contribution >= 0.6 is 0 Å². The summed E-state index contributed by atoms with van der Waals surface area (Å²) in [5, 5.41) is 0.371. The second-order valence-corrected chi connectivity index (χ2v) is 5.02. The smallest absolute Gasteiger partial charge is 0.254 e. The molecular weight excluding hydrogens is 297 g/mol. The van der Waals surface area contributed by atoms with Gasteiger partial charge in [0.25, 0.3) is 5.91 Å². The maximum Gasteiger partial charge on any atom is 0.254 e. The number of carbonyl (C=O) groups is 1. The summed E-state index contributed by atoms with van der Waals surface area (Å²) in [4.78, 5) is 28.2. The fourth-order valence-electron chi connectivity index (χ4n) is 2.80. The molecule has 0 aliphatic heterocycles. The Labute approximate surface area is 131 Å². The quantitative estimate of drug-likeness (QED) is 0.754. The Morgan fingerprint density at radius 1 is 1.26 bits per heavy atom. The van der Waals surface area contributed by atoms with E-state index < -0.39 is 17.3 Å². The fraction of sp³-hybridized carbons (Fsp3) is 0.118. The number of pyridine rings is 2. The van der Waals surface area contributed by atoms with E-state index in [2.05, 4.69) is 4.98 Å². The number of hydrogen-bond acceptors (Lipinski definition) is 3. The Hall–Kier alpha value is -3.02. The maximum absolute atomic E-state index is 14.2. The number of nitrogens with zero attached hydrogens (tertiary/aromatic N) is 2. The molecule has 1 amide bonds. The van der Waals surface area contributed by atoms with Gasteiger partial charge in [0.05, 0.1) is 16.8 Å². The second kappa shape index (κ2) is 5.64. The van der Waals surface area contributed by atoms with Crippen LogP contribution in [0, 0.1) is 5.95 Å². The van der Waals surface area contributed by atoms with E-state index in [4.69, 9.17) is 5.73 Å². The van der Waals surface area contributed by atoms with Gasteiger partial charge in [-0.3, -0.25) is 9.59 Å². The van der Waals surface area contributed by atoms with Crippen LogP contribution in [-0.2, 0) is 6.54 Å². The van der Waals surface area contributed by atoms with Crippen molar-refractivity contribution >= 4 is 16.8 Å². The molecule has 2 aromatic heterocycles. The average molecular weight is 311 g/mol. The van der Waals surface area contributed by atoms with Gasteiger partial charge in [0.2, 0.25) is 11.4 Å². The van der Waals surface area contributed by atoms with Crippen molar-refractivity contribution in [2.24, 2.45) is 5.73 Å². The Morgan fingerprint density at radius 3 is 2.65 bits per heavy atom. The molecule has 0 saturated carbocycles. The lowest BCUT2D eigenvalue weighted by Crippen LogP contribution is -2.27. The third-order valence-electron chi connectivity index (χ3n) is 3.75. The van der Waals surface area contributed by atoms with Crippen LogP contribution in [0.25, 0.3) is 22.2 Å². The van der Waals surface area contributed by atoms with Crippen LogP contribution in [0.5, 0.6) is 0 Å². The summed E-state index contributed by atoms with van der Waals surface area (Å²) in [6, 6.07) is 9.88. The van der Waals surface area contributed by atoms with Gasteiger partial charge >= 0.3 is 0 Å². The topological polar surface area (TPSA) is 78.0 Å². The highest BCUT2D eigenvalue weighted by molar-refractivity contribution is 6.02. The normalized spacial score (nSPS) is 10.9. The van der Waals surface area contributed by atoms with Crippen molar-refractivity contribution in [2.45, 2.75) is 13.5 Å². The fourth-order valence-corrected chi connectivity index (χ4v) is 2.80. The number of aromatic nitrogens is 2. The summed E-state index contributed by atoms with van der Waals surface area (Å²) in [5.74, 6) is -1.65. The first-order valence-corrected chi connectivity index (χ1v) is 7.12. The lowest BCUT2D eigenvalue weighted by molar-refractivity contribution is 0.0999. The zero-order valence-corrected chi connectivity index (χ0v) is 12.4. The van der Waals surface area contributed by atoms with Gasteiger partial charge < -0.3 is 10.3 Å². The minimum Gasteiger partial charge on any atom is -0.365 e. The van der Waals surface area contributed by atoms with E-state index in [0.717, 1.165) is 0 Å². The first-order valence-electron chi connectivity index (χ1n) is 7.12. The number of amides is 1. The largest absolute Gasteiger partial charge is 0.365 e. The number of fused-ring (bicyclic) bond motifs is 1. The lowest BCUT2D eigenvalue weighted by Gasteiger charge is -2.18. The number of nitrogens with two attached hydrogens (primary N) is 1. The van der Waals surface area contributed by atoms with Crippen LogP contribution < -0.4 is 11.2 Å². The SMILES string of the molecule is CCn1c(-c2cccnc2F)c(C(N)=O)c(=O)c2ccccc21. The van der Waals surface area contributed by atoms with Gasteiger partial charge in [0.15, 0.2) is 0 Å². The molecular formula is C17H14FN3O2. The highest BCUT2D eigenvalue weighted by atomic mass is 19.1. The number of hydrogen-bond donors (Lipinski definition) is 1. The molecule has 0 atom stereocenters. The standard InChI is InChI=1S/C17H14FN3O2/c1-2-21-12-8-4-3-6-10(12)15(22)13(17(19)23)14(21)11-7-5-9-20-16(11)18/h3-9H,2H2,1H3,(H2,19,23). The molecule has 1 aromatic carbocycles. The van der Waals surface area contributed by atoms with Gasteiger partial charge in [0, 0.05) is 18.1 Å². The number of halogens is 1. The van der Waals surface area contributed by atoms with Crippen LogP contribution in [0.2, 0.25) is 0 Å². The minimum absolute atomic E-state index is 0.0750. The van der Waals surface area contributed by atoms with Crippen LogP contribution in [-0.4, -0.2) is 15.5 Å². The summed E-state index contributed by atoms with van der Waals surface area (Å²) in [6.45, 7) is 2.28. The van der Waals surface area contributed by atoms with Crippen LogP contribution in [0.4, 0.5) is 4.39 Å². The molecule has 0 spiro atoms. The molecule has 3 aromatic rings. The highest BCUT2D eigenvalue weighted by Gasteiger charge is 2.23. The molecule has 2 N–H and O–H groups in total.